The normalized spacial score (nSPS) is 22.4. The van der Waals surface area contributed by atoms with E-state index in [-0.39, 0.29) is 0 Å². The average molecular weight is 340 g/mol. The highest BCUT2D eigenvalue weighted by molar-refractivity contribution is 7.89. The smallest absolute Gasteiger partial charge is 0.240 e. The summed E-state index contributed by atoms with van der Waals surface area (Å²) >= 11 is 0. The van der Waals surface area contributed by atoms with Crippen LogP contribution in [-0.2, 0) is 10.0 Å². The van der Waals surface area contributed by atoms with Crippen molar-refractivity contribution in [3.05, 3.63) is 29.8 Å². The van der Waals surface area contributed by atoms with Crippen LogP contribution in [0.15, 0.2) is 29.2 Å². The van der Waals surface area contributed by atoms with Crippen molar-refractivity contribution in [2.24, 2.45) is 5.92 Å². The maximum atomic E-state index is 12.3. The molecule has 1 aromatic carbocycles. The van der Waals surface area contributed by atoms with Gasteiger partial charge in [-0.2, -0.15) is 0 Å². The van der Waals surface area contributed by atoms with E-state index in [0.29, 0.717) is 17.4 Å². The third kappa shape index (κ3) is 5.59. The minimum Gasteiger partial charge on any atom is -0.335 e. The second-order valence-electron chi connectivity index (χ2n) is 7.16. The van der Waals surface area contributed by atoms with Crippen molar-refractivity contribution >= 4 is 10.0 Å². The van der Waals surface area contributed by atoms with E-state index in [9.17, 15) is 8.42 Å². The van der Waals surface area contributed by atoms with Crippen LogP contribution in [0, 0.1) is 5.92 Å². The highest BCUT2D eigenvalue weighted by Gasteiger charge is 2.19. The molecule has 0 bridgehead atoms. The van der Waals surface area contributed by atoms with Gasteiger partial charge in [0.1, 0.15) is 0 Å². The fraction of sp³-hybridized carbons (Fsp3) is 0.667. The van der Waals surface area contributed by atoms with Gasteiger partial charge < -0.3 is 4.90 Å². The summed E-state index contributed by atoms with van der Waals surface area (Å²) in [5.74, 6) is 1.26. The van der Waals surface area contributed by atoms with Crippen LogP contribution in [0.25, 0.3) is 0 Å². The Balaban J connectivity index is 1.77. The SMILES string of the molecule is CC1CC[NH+](CCCNS(=O)(=O)c2ccc(C(C)C)cc2)CC1. The van der Waals surface area contributed by atoms with E-state index in [4.69, 9.17) is 0 Å². The van der Waals surface area contributed by atoms with Crippen molar-refractivity contribution < 1.29 is 13.3 Å². The first-order valence-corrected chi connectivity index (χ1v) is 10.3. The molecule has 23 heavy (non-hydrogen) atoms. The second-order valence-corrected chi connectivity index (χ2v) is 8.92. The lowest BCUT2D eigenvalue weighted by Gasteiger charge is -2.27. The van der Waals surface area contributed by atoms with Gasteiger partial charge in [-0.15, -0.1) is 0 Å². The Morgan fingerprint density at radius 2 is 1.78 bits per heavy atom. The van der Waals surface area contributed by atoms with Crippen LogP contribution in [0.2, 0.25) is 0 Å². The van der Waals surface area contributed by atoms with Gasteiger partial charge in [0.2, 0.25) is 10.0 Å². The molecule has 0 spiro atoms. The zero-order chi connectivity index (χ0) is 16.9. The zero-order valence-corrected chi connectivity index (χ0v) is 15.5. The van der Waals surface area contributed by atoms with Gasteiger partial charge in [0.05, 0.1) is 24.5 Å². The Kier molecular flexibility index (Phi) is 6.62. The quantitative estimate of drug-likeness (QED) is 0.744. The van der Waals surface area contributed by atoms with Gasteiger partial charge >= 0.3 is 0 Å². The van der Waals surface area contributed by atoms with E-state index < -0.39 is 10.0 Å². The van der Waals surface area contributed by atoms with Crippen LogP contribution in [0.4, 0.5) is 0 Å². The molecule has 0 amide bonds. The Hall–Kier alpha value is -0.910. The maximum Gasteiger partial charge on any atom is 0.240 e. The van der Waals surface area contributed by atoms with Gasteiger partial charge in [-0.1, -0.05) is 32.9 Å². The monoisotopic (exact) mass is 339 g/mol. The fourth-order valence-corrected chi connectivity index (χ4v) is 4.15. The van der Waals surface area contributed by atoms with E-state index in [1.54, 1.807) is 17.0 Å². The standard InChI is InChI=1S/C18H30N2O2S/c1-15(2)17-5-7-18(8-6-17)23(21,22)19-11-4-12-20-13-9-16(3)10-14-20/h5-8,15-16,19H,4,9-14H2,1-3H3/p+1. The zero-order valence-electron chi connectivity index (χ0n) is 14.6. The molecule has 0 radical (unpaired) electrons. The summed E-state index contributed by atoms with van der Waals surface area (Å²) in [4.78, 5) is 1.98. The largest absolute Gasteiger partial charge is 0.335 e. The molecular weight excluding hydrogens is 308 g/mol. The summed E-state index contributed by atoms with van der Waals surface area (Å²) in [5, 5.41) is 0. The lowest BCUT2D eigenvalue weighted by atomic mass is 9.99. The van der Waals surface area contributed by atoms with E-state index in [1.807, 2.05) is 12.1 Å². The Labute approximate surface area is 141 Å². The van der Waals surface area contributed by atoms with Gasteiger partial charge in [0, 0.05) is 13.0 Å². The molecule has 0 saturated carbocycles. The van der Waals surface area contributed by atoms with Gasteiger partial charge in [-0.05, 0) is 42.4 Å². The van der Waals surface area contributed by atoms with Crippen molar-refractivity contribution in [2.45, 2.75) is 50.8 Å². The first-order valence-electron chi connectivity index (χ1n) is 8.81. The van der Waals surface area contributed by atoms with Gasteiger partial charge in [-0.3, -0.25) is 0 Å². The Bertz CT molecular complexity index is 574. The molecule has 0 atom stereocenters. The van der Waals surface area contributed by atoms with E-state index in [1.165, 1.54) is 25.9 Å². The van der Waals surface area contributed by atoms with Crippen LogP contribution < -0.4 is 9.62 Å². The molecular formula is C18H31N2O2S+. The van der Waals surface area contributed by atoms with Crippen LogP contribution in [0.5, 0.6) is 0 Å². The van der Waals surface area contributed by atoms with Crippen LogP contribution in [-0.4, -0.2) is 34.6 Å². The number of quaternary nitrogens is 1. The molecule has 0 unspecified atom stereocenters. The number of hydrogen-bond donors (Lipinski definition) is 2. The van der Waals surface area contributed by atoms with Crippen LogP contribution in [0.1, 0.15) is 51.5 Å². The number of piperidine rings is 1. The number of hydrogen-bond acceptors (Lipinski definition) is 2. The molecule has 5 heteroatoms. The molecule has 0 aliphatic carbocycles. The molecule has 130 valence electrons. The van der Waals surface area contributed by atoms with E-state index in [2.05, 4.69) is 25.5 Å². The lowest BCUT2D eigenvalue weighted by molar-refractivity contribution is -0.906. The molecule has 2 N–H and O–H groups in total. The minimum atomic E-state index is -3.37. The van der Waals surface area contributed by atoms with E-state index in [0.717, 1.165) is 24.4 Å². The van der Waals surface area contributed by atoms with Crippen molar-refractivity contribution in [3.8, 4) is 0 Å². The molecule has 2 rings (SSSR count). The highest BCUT2D eigenvalue weighted by Crippen LogP contribution is 2.17. The minimum absolute atomic E-state index is 0.362. The molecule has 1 heterocycles. The van der Waals surface area contributed by atoms with Crippen molar-refractivity contribution in [2.75, 3.05) is 26.2 Å². The summed E-state index contributed by atoms with van der Waals surface area (Å²) in [6, 6.07) is 7.21. The summed E-state index contributed by atoms with van der Waals surface area (Å²) in [6.45, 7) is 10.6. The van der Waals surface area contributed by atoms with Gasteiger partial charge in [0.25, 0.3) is 0 Å². The number of likely N-dealkylation sites (tertiary alicyclic amines) is 1. The molecule has 1 aromatic rings. The van der Waals surface area contributed by atoms with Crippen LogP contribution >= 0.6 is 0 Å². The summed E-state index contributed by atoms with van der Waals surface area (Å²) in [5.41, 5.74) is 1.16. The van der Waals surface area contributed by atoms with Crippen molar-refractivity contribution in [1.82, 2.24) is 4.72 Å². The first kappa shape index (κ1) is 18.4. The summed E-state index contributed by atoms with van der Waals surface area (Å²) in [6.07, 6.45) is 3.49. The Morgan fingerprint density at radius 3 is 2.35 bits per heavy atom. The fourth-order valence-electron chi connectivity index (χ4n) is 3.08. The number of rotatable bonds is 7. The number of benzene rings is 1. The first-order chi connectivity index (χ1) is 10.9. The second kappa shape index (κ2) is 8.27. The Morgan fingerprint density at radius 1 is 1.17 bits per heavy atom. The number of sulfonamides is 1. The molecule has 1 fully saturated rings. The predicted molar refractivity (Wildman–Crippen MR) is 94.3 cm³/mol. The third-order valence-corrected chi connectivity index (χ3v) is 6.31. The molecule has 1 aliphatic heterocycles. The van der Waals surface area contributed by atoms with Gasteiger partial charge in [0.15, 0.2) is 0 Å². The van der Waals surface area contributed by atoms with Gasteiger partial charge in [-0.25, -0.2) is 13.1 Å². The predicted octanol–water partition coefficient (Wildman–Crippen LogP) is 1.79. The number of nitrogens with one attached hydrogen (secondary N) is 2. The highest BCUT2D eigenvalue weighted by atomic mass is 32.2. The summed E-state index contributed by atoms with van der Waals surface area (Å²) in [7, 11) is -3.37. The van der Waals surface area contributed by atoms with E-state index >= 15 is 0 Å². The topological polar surface area (TPSA) is 50.6 Å². The molecule has 1 aliphatic rings. The maximum absolute atomic E-state index is 12.3. The third-order valence-electron chi connectivity index (χ3n) is 4.84. The molecule has 4 nitrogen and oxygen atoms in total. The van der Waals surface area contributed by atoms with Crippen molar-refractivity contribution in [1.29, 1.82) is 0 Å². The average Bonchev–Trinajstić information content (AvgIpc) is 2.53. The molecule has 1 saturated heterocycles. The lowest BCUT2D eigenvalue weighted by Crippen LogP contribution is -3.13. The van der Waals surface area contributed by atoms with Crippen LogP contribution in [0.3, 0.4) is 0 Å². The van der Waals surface area contributed by atoms with Crippen molar-refractivity contribution in [3.63, 3.8) is 0 Å². The summed E-state index contributed by atoms with van der Waals surface area (Å²) < 4.78 is 27.3. The molecule has 0 aromatic heterocycles.